The number of hydrogen-bond acceptors (Lipinski definition) is 5. The summed E-state index contributed by atoms with van der Waals surface area (Å²) in [6, 6.07) is 0. The standard InChI is InChI=1S/C20H28O5/c1-11-12-7-13(22)15-19(6-4-5-18(2,3)14(19)9-21)10-25-17(24)20(15,8-12)16(11)23/h9,11-15,22H,4-8,10H2,1-3H3/t11-,12-,13-,14-,15+,19+,20+/m1/s1. The minimum atomic E-state index is -1.24. The second kappa shape index (κ2) is 5.15. The summed E-state index contributed by atoms with van der Waals surface area (Å²) in [6.45, 7) is 6.17. The number of carbonyl (C=O) groups is 3. The predicted molar refractivity (Wildman–Crippen MR) is 89.4 cm³/mol. The van der Waals surface area contributed by atoms with Crippen LogP contribution in [0, 0.1) is 39.9 Å². The smallest absolute Gasteiger partial charge is 0.320 e. The third kappa shape index (κ3) is 1.91. The maximum absolute atomic E-state index is 13.2. The van der Waals surface area contributed by atoms with Crippen molar-refractivity contribution in [1.82, 2.24) is 0 Å². The Hall–Kier alpha value is -1.23. The van der Waals surface area contributed by atoms with Gasteiger partial charge in [-0.25, -0.2) is 0 Å². The van der Waals surface area contributed by atoms with Crippen LogP contribution >= 0.6 is 0 Å². The molecule has 2 bridgehead atoms. The summed E-state index contributed by atoms with van der Waals surface area (Å²) in [5.41, 5.74) is -2.09. The van der Waals surface area contributed by atoms with Crippen LogP contribution in [0.1, 0.15) is 52.9 Å². The summed E-state index contributed by atoms with van der Waals surface area (Å²) >= 11 is 0. The molecular formula is C20H28O5. The van der Waals surface area contributed by atoms with Gasteiger partial charge in [-0.2, -0.15) is 0 Å². The maximum atomic E-state index is 13.2. The molecule has 0 unspecified atom stereocenters. The average Bonchev–Trinajstić information content (AvgIpc) is 2.73. The summed E-state index contributed by atoms with van der Waals surface area (Å²) in [7, 11) is 0. The van der Waals surface area contributed by atoms with Crippen LogP contribution in [0.5, 0.6) is 0 Å². The Bertz CT molecular complexity index is 640. The monoisotopic (exact) mass is 348 g/mol. The van der Waals surface area contributed by atoms with Gasteiger partial charge in [0, 0.05) is 23.2 Å². The van der Waals surface area contributed by atoms with E-state index >= 15 is 0 Å². The molecule has 0 amide bonds. The average molecular weight is 348 g/mol. The van der Waals surface area contributed by atoms with Gasteiger partial charge in [-0.3, -0.25) is 9.59 Å². The number of ether oxygens (including phenoxy) is 1. The van der Waals surface area contributed by atoms with Gasteiger partial charge in [-0.05, 0) is 37.0 Å². The molecule has 1 N–H and O–H groups in total. The first-order valence-corrected chi connectivity index (χ1v) is 9.55. The Morgan fingerprint density at radius 3 is 2.64 bits per heavy atom. The largest absolute Gasteiger partial charge is 0.464 e. The van der Waals surface area contributed by atoms with Crippen molar-refractivity contribution >= 4 is 18.0 Å². The molecule has 1 heterocycles. The van der Waals surface area contributed by atoms with Gasteiger partial charge >= 0.3 is 5.97 Å². The van der Waals surface area contributed by atoms with Crippen LogP contribution in [-0.4, -0.2) is 35.9 Å². The Kier molecular flexibility index (Phi) is 3.54. The van der Waals surface area contributed by atoms with Crippen molar-refractivity contribution in [2.24, 2.45) is 39.9 Å². The summed E-state index contributed by atoms with van der Waals surface area (Å²) in [5, 5.41) is 11.1. The zero-order valence-electron chi connectivity index (χ0n) is 15.3. The Balaban J connectivity index is 1.90. The molecule has 2 spiro atoms. The van der Waals surface area contributed by atoms with Crippen molar-refractivity contribution in [1.29, 1.82) is 0 Å². The molecule has 25 heavy (non-hydrogen) atoms. The lowest BCUT2D eigenvalue weighted by molar-refractivity contribution is -0.225. The van der Waals surface area contributed by atoms with Crippen molar-refractivity contribution in [3.05, 3.63) is 0 Å². The molecule has 0 radical (unpaired) electrons. The Morgan fingerprint density at radius 2 is 1.96 bits per heavy atom. The van der Waals surface area contributed by atoms with Crippen LogP contribution in [0.15, 0.2) is 0 Å². The van der Waals surface area contributed by atoms with Crippen LogP contribution in [0.4, 0.5) is 0 Å². The van der Waals surface area contributed by atoms with Gasteiger partial charge in [0.2, 0.25) is 0 Å². The van der Waals surface area contributed by atoms with Crippen LogP contribution in [0.2, 0.25) is 0 Å². The predicted octanol–water partition coefficient (Wildman–Crippen LogP) is 2.15. The van der Waals surface area contributed by atoms with Crippen molar-refractivity contribution in [2.75, 3.05) is 6.61 Å². The normalized spacial score (nSPS) is 51.1. The fraction of sp³-hybridized carbons (Fsp3) is 0.850. The summed E-state index contributed by atoms with van der Waals surface area (Å²) in [4.78, 5) is 38.2. The second-order valence-electron chi connectivity index (χ2n) is 9.63. The first-order chi connectivity index (χ1) is 11.7. The lowest BCUT2D eigenvalue weighted by Crippen LogP contribution is -2.66. The molecule has 5 nitrogen and oxygen atoms in total. The Morgan fingerprint density at radius 1 is 1.24 bits per heavy atom. The SMILES string of the molecule is C[C@H]1C(=O)[C@]23C[C@H]1C[C@@H](O)[C@H]2[C@@]1(CCCC(C)(C)[C@H]1C=O)COC3=O. The first kappa shape index (κ1) is 17.2. The third-order valence-electron chi connectivity index (χ3n) is 8.12. The van der Waals surface area contributed by atoms with Crippen LogP contribution in [-0.2, 0) is 19.1 Å². The fourth-order valence-corrected chi connectivity index (χ4v) is 7.05. The van der Waals surface area contributed by atoms with Crippen molar-refractivity contribution < 1.29 is 24.2 Å². The Labute approximate surface area is 148 Å². The molecular weight excluding hydrogens is 320 g/mol. The number of aliphatic hydroxyl groups is 1. The van der Waals surface area contributed by atoms with Crippen molar-refractivity contribution in [2.45, 2.75) is 59.0 Å². The molecule has 1 aliphatic heterocycles. The lowest BCUT2D eigenvalue weighted by Gasteiger charge is -2.60. The van der Waals surface area contributed by atoms with E-state index in [1.54, 1.807) is 0 Å². The summed E-state index contributed by atoms with van der Waals surface area (Å²) in [6.07, 6.45) is 3.85. The molecule has 0 aromatic heterocycles. The topological polar surface area (TPSA) is 80.7 Å². The number of ketones is 1. The number of fused-ring (bicyclic) bond motifs is 2. The number of esters is 1. The van der Waals surface area contributed by atoms with Gasteiger partial charge in [0.1, 0.15) is 11.7 Å². The highest BCUT2D eigenvalue weighted by molar-refractivity contribution is 6.08. The molecule has 7 atom stereocenters. The highest BCUT2D eigenvalue weighted by Crippen LogP contribution is 2.67. The maximum Gasteiger partial charge on any atom is 0.320 e. The first-order valence-electron chi connectivity index (χ1n) is 9.55. The van der Waals surface area contributed by atoms with E-state index in [0.29, 0.717) is 12.8 Å². The number of cyclic esters (lactones) is 1. The third-order valence-corrected chi connectivity index (χ3v) is 8.12. The highest BCUT2D eigenvalue weighted by atomic mass is 16.5. The number of hydrogen-bond donors (Lipinski definition) is 1. The zero-order valence-corrected chi connectivity index (χ0v) is 15.3. The van der Waals surface area contributed by atoms with E-state index in [1.165, 1.54) is 0 Å². The molecule has 1 saturated heterocycles. The van der Waals surface area contributed by atoms with Gasteiger partial charge in [0.15, 0.2) is 5.78 Å². The van der Waals surface area contributed by atoms with Crippen LogP contribution < -0.4 is 0 Å². The van der Waals surface area contributed by atoms with Crippen LogP contribution in [0.3, 0.4) is 0 Å². The molecule has 0 aromatic carbocycles. The second-order valence-corrected chi connectivity index (χ2v) is 9.63. The zero-order chi connectivity index (χ0) is 18.2. The quantitative estimate of drug-likeness (QED) is 0.446. The molecule has 0 aromatic rings. The van der Waals surface area contributed by atoms with E-state index in [-0.39, 0.29) is 35.6 Å². The van der Waals surface area contributed by atoms with Gasteiger partial charge in [-0.15, -0.1) is 0 Å². The number of Topliss-reactive ketones (excluding diaryl/α,β-unsaturated/α-hetero) is 1. The molecule has 4 fully saturated rings. The van der Waals surface area contributed by atoms with Gasteiger partial charge < -0.3 is 14.6 Å². The lowest BCUT2D eigenvalue weighted by atomic mass is 9.44. The van der Waals surface area contributed by atoms with E-state index in [9.17, 15) is 19.5 Å². The van der Waals surface area contributed by atoms with E-state index in [0.717, 1.165) is 25.5 Å². The molecule has 4 rings (SSSR count). The number of carbonyl (C=O) groups excluding carboxylic acids is 3. The van der Waals surface area contributed by atoms with E-state index < -0.39 is 28.8 Å². The number of rotatable bonds is 1. The molecule has 5 heteroatoms. The minimum absolute atomic E-state index is 0.0349. The molecule has 3 aliphatic carbocycles. The summed E-state index contributed by atoms with van der Waals surface area (Å²) in [5.74, 6) is -1.55. The fourth-order valence-electron chi connectivity index (χ4n) is 7.05. The number of aldehydes is 1. The van der Waals surface area contributed by atoms with Gasteiger partial charge in [0.25, 0.3) is 0 Å². The molecule has 4 aliphatic rings. The van der Waals surface area contributed by atoms with Crippen molar-refractivity contribution in [3.8, 4) is 0 Å². The van der Waals surface area contributed by atoms with Crippen molar-refractivity contribution in [3.63, 3.8) is 0 Å². The summed E-state index contributed by atoms with van der Waals surface area (Å²) < 4.78 is 5.62. The minimum Gasteiger partial charge on any atom is -0.464 e. The van der Waals surface area contributed by atoms with E-state index in [4.69, 9.17) is 4.74 Å². The van der Waals surface area contributed by atoms with Crippen LogP contribution in [0.25, 0.3) is 0 Å². The van der Waals surface area contributed by atoms with E-state index in [2.05, 4.69) is 13.8 Å². The highest BCUT2D eigenvalue weighted by Gasteiger charge is 2.74. The van der Waals surface area contributed by atoms with E-state index in [1.807, 2.05) is 6.92 Å². The van der Waals surface area contributed by atoms with Gasteiger partial charge in [-0.1, -0.05) is 27.2 Å². The number of aliphatic hydroxyl groups excluding tert-OH is 1. The molecule has 138 valence electrons. The molecule has 3 saturated carbocycles. The van der Waals surface area contributed by atoms with Gasteiger partial charge in [0.05, 0.1) is 12.7 Å².